The zero-order valence-electron chi connectivity index (χ0n) is 20.6. The normalized spacial score (nSPS) is 14.7. The molecule has 0 bridgehead atoms. The van der Waals surface area contributed by atoms with Gasteiger partial charge in [0.1, 0.15) is 11.3 Å². The summed E-state index contributed by atoms with van der Waals surface area (Å²) < 4.78 is 17.1. The maximum atomic E-state index is 12.9. The number of methoxy groups -OCH3 is 1. The molecule has 1 atom stereocenters. The Labute approximate surface area is 196 Å². The molecular formula is C27H35NO5. The lowest BCUT2D eigenvalue weighted by atomic mass is 9.78. The number of nitroso groups, excluding NO2 is 1. The molecule has 6 heteroatoms. The van der Waals surface area contributed by atoms with Crippen molar-refractivity contribution in [1.82, 2.24) is 0 Å². The number of rotatable bonds is 8. The van der Waals surface area contributed by atoms with E-state index in [1.165, 1.54) is 7.11 Å². The van der Waals surface area contributed by atoms with Crippen molar-refractivity contribution in [1.29, 1.82) is 0 Å². The minimum atomic E-state index is -0.949. The van der Waals surface area contributed by atoms with Crippen LogP contribution >= 0.6 is 0 Å². The van der Waals surface area contributed by atoms with Crippen LogP contribution in [0.2, 0.25) is 0 Å². The lowest BCUT2D eigenvalue weighted by Gasteiger charge is -2.32. The molecule has 1 aliphatic rings. The predicted molar refractivity (Wildman–Crippen MR) is 129 cm³/mol. The van der Waals surface area contributed by atoms with E-state index in [4.69, 9.17) is 14.2 Å². The van der Waals surface area contributed by atoms with Gasteiger partial charge in [0.25, 0.3) is 0 Å². The smallest absolute Gasteiger partial charge is 0.339 e. The molecule has 33 heavy (non-hydrogen) atoms. The van der Waals surface area contributed by atoms with Crippen LogP contribution in [0.15, 0.2) is 41.6 Å². The van der Waals surface area contributed by atoms with Crippen LogP contribution in [0.5, 0.6) is 5.75 Å². The van der Waals surface area contributed by atoms with E-state index in [9.17, 15) is 9.70 Å². The number of aryl methyl sites for hydroxylation is 1. The molecule has 0 fully saturated rings. The molecule has 0 aliphatic carbocycles. The number of ether oxygens (including phenoxy) is 3. The van der Waals surface area contributed by atoms with E-state index >= 15 is 0 Å². The summed E-state index contributed by atoms with van der Waals surface area (Å²) >= 11 is 0. The number of carbonyl (C=O) groups excluding carboxylic acids is 1. The maximum Gasteiger partial charge on any atom is 0.339 e. The summed E-state index contributed by atoms with van der Waals surface area (Å²) in [6.45, 7) is 10.3. The Kier molecular flexibility index (Phi) is 7.58. The average Bonchev–Trinajstić information content (AvgIpc) is 2.82. The third-order valence-electron chi connectivity index (χ3n) is 6.31. The van der Waals surface area contributed by atoms with Crippen molar-refractivity contribution >= 4 is 5.97 Å². The van der Waals surface area contributed by atoms with Crippen molar-refractivity contribution in [3.63, 3.8) is 0 Å². The second-order valence-corrected chi connectivity index (χ2v) is 9.51. The first-order valence-electron chi connectivity index (χ1n) is 11.7. The fourth-order valence-corrected chi connectivity index (χ4v) is 4.52. The summed E-state index contributed by atoms with van der Waals surface area (Å²) in [5.41, 5.74) is 2.78. The van der Waals surface area contributed by atoms with E-state index < -0.39 is 23.2 Å². The van der Waals surface area contributed by atoms with Gasteiger partial charge in [0.15, 0.2) is 6.10 Å². The van der Waals surface area contributed by atoms with Crippen molar-refractivity contribution in [2.24, 2.45) is 5.18 Å². The van der Waals surface area contributed by atoms with Crippen molar-refractivity contribution in [2.75, 3.05) is 13.7 Å². The topological polar surface area (TPSA) is 74.2 Å². The molecule has 1 aliphatic heterocycles. The van der Waals surface area contributed by atoms with Crippen LogP contribution in [0.25, 0.3) is 11.1 Å². The quantitative estimate of drug-likeness (QED) is 0.337. The summed E-state index contributed by atoms with van der Waals surface area (Å²) in [6, 6.07) is 11.7. The molecular weight excluding hydrogens is 418 g/mol. The van der Waals surface area contributed by atoms with Crippen LogP contribution in [0, 0.1) is 4.91 Å². The summed E-state index contributed by atoms with van der Waals surface area (Å²) in [4.78, 5) is 25.1. The summed E-state index contributed by atoms with van der Waals surface area (Å²) in [5.74, 6) is 0.396. The fourth-order valence-electron chi connectivity index (χ4n) is 4.52. The molecule has 0 radical (unpaired) electrons. The van der Waals surface area contributed by atoms with Crippen molar-refractivity contribution in [2.45, 2.75) is 77.5 Å². The molecule has 6 nitrogen and oxygen atoms in total. The second kappa shape index (κ2) is 10.0. The van der Waals surface area contributed by atoms with Crippen LogP contribution in [0.1, 0.15) is 76.7 Å². The van der Waals surface area contributed by atoms with E-state index in [0.29, 0.717) is 25.0 Å². The highest BCUT2D eigenvalue weighted by Crippen LogP contribution is 2.45. The van der Waals surface area contributed by atoms with Crippen LogP contribution in [0.4, 0.5) is 0 Å². The van der Waals surface area contributed by atoms with E-state index in [1.54, 1.807) is 0 Å². The number of fused-ring (bicyclic) bond motifs is 1. The van der Waals surface area contributed by atoms with Gasteiger partial charge in [-0.3, -0.25) is 0 Å². The molecule has 1 unspecified atom stereocenters. The number of carbonyl (C=O) groups is 1. The van der Waals surface area contributed by atoms with Crippen LogP contribution in [0.3, 0.4) is 0 Å². The second-order valence-electron chi connectivity index (χ2n) is 9.51. The number of esters is 1. The first-order valence-corrected chi connectivity index (χ1v) is 11.7. The Morgan fingerprint density at radius 3 is 2.48 bits per heavy atom. The van der Waals surface area contributed by atoms with Crippen molar-refractivity contribution in [3.8, 4) is 16.9 Å². The molecule has 0 amide bonds. The molecule has 0 aromatic heterocycles. The minimum Gasteiger partial charge on any atom is -0.493 e. The van der Waals surface area contributed by atoms with Gasteiger partial charge in [-0.25, -0.2) is 4.79 Å². The van der Waals surface area contributed by atoms with Gasteiger partial charge in [-0.2, -0.15) is 0 Å². The van der Waals surface area contributed by atoms with Crippen molar-refractivity contribution in [3.05, 3.63) is 58.0 Å². The molecule has 0 spiro atoms. The summed E-state index contributed by atoms with van der Waals surface area (Å²) in [7, 11) is 1.36. The Bertz CT molecular complexity index is 1000. The van der Waals surface area contributed by atoms with Crippen LogP contribution < -0.4 is 4.74 Å². The first kappa shape index (κ1) is 24.9. The Morgan fingerprint density at radius 2 is 1.88 bits per heavy atom. The van der Waals surface area contributed by atoms with E-state index in [2.05, 4.69) is 11.2 Å². The molecule has 0 N–H and O–H groups in total. The standard InChI is InChI=1S/C27H35NO5/c1-7-27(8-2,28-30)21-13-9-12-20(24(25(29)31-6)33-26(3,4)5)23(21)19-14-15-22-18(17-19)11-10-16-32-22/h9,12-15,17,24H,7-8,10-11,16H2,1-6H3. The Balaban J connectivity index is 2.33. The number of benzene rings is 2. The van der Waals surface area contributed by atoms with Gasteiger partial charge in [0, 0.05) is 5.56 Å². The number of hydrogen-bond donors (Lipinski definition) is 0. The Morgan fingerprint density at radius 1 is 1.15 bits per heavy atom. The predicted octanol–water partition coefficient (Wildman–Crippen LogP) is 6.49. The van der Waals surface area contributed by atoms with Gasteiger partial charge in [0.05, 0.1) is 19.3 Å². The average molecular weight is 454 g/mol. The number of nitrogens with zero attached hydrogens (tertiary/aromatic N) is 1. The summed E-state index contributed by atoms with van der Waals surface area (Å²) in [6.07, 6.45) is 2.00. The largest absolute Gasteiger partial charge is 0.493 e. The zero-order valence-corrected chi connectivity index (χ0v) is 20.6. The molecule has 2 aromatic rings. The van der Waals surface area contributed by atoms with E-state index in [0.717, 1.165) is 40.8 Å². The van der Waals surface area contributed by atoms with E-state index in [-0.39, 0.29) is 0 Å². The molecule has 178 valence electrons. The van der Waals surface area contributed by atoms with Gasteiger partial charge in [-0.15, -0.1) is 4.91 Å². The lowest BCUT2D eigenvalue weighted by Crippen LogP contribution is -2.29. The van der Waals surface area contributed by atoms with Gasteiger partial charge in [-0.1, -0.05) is 43.3 Å². The molecule has 1 heterocycles. The van der Waals surface area contributed by atoms with Crippen LogP contribution in [-0.2, 0) is 26.2 Å². The van der Waals surface area contributed by atoms with Gasteiger partial charge < -0.3 is 14.2 Å². The zero-order chi connectivity index (χ0) is 24.2. The van der Waals surface area contributed by atoms with Gasteiger partial charge in [0.2, 0.25) is 0 Å². The maximum absolute atomic E-state index is 12.9. The first-order chi connectivity index (χ1) is 15.7. The molecule has 0 saturated heterocycles. The third-order valence-corrected chi connectivity index (χ3v) is 6.31. The number of hydrogen-bond acceptors (Lipinski definition) is 6. The van der Waals surface area contributed by atoms with E-state index in [1.807, 2.05) is 65.0 Å². The monoisotopic (exact) mass is 453 g/mol. The molecule has 3 rings (SSSR count). The van der Waals surface area contributed by atoms with Gasteiger partial charge in [-0.05, 0) is 80.8 Å². The molecule has 0 saturated carbocycles. The van der Waals surface area contributed by atoms with Gasteiger partial charge >= 0.3 is 5.97 Å². The Hall–Kier alpha value is -2.73. The SMILES string of the molecule is CCC(CC)(N=O)c1cccc(C(OC(C)(C)C)C(=O)OC)c1-c1ccc2c(c1)CCCO2. The van der Waals surface area contributed by atoms with Crippen LogP contribution in [-0.4, -0.2) is 25.3 Å². The van der Waals surface area contributed by atoms with Crippen molar-refractivity contribution < 1.29 is 19.0 Å². The highest BCUT2D eigenvalue weighted by Gasteiger charge is 2.37. The fraction of sp³-hybridized carbons (Fsp3) is 0.519. The lowest BCUT2D eigenvalue weighted by molar-refractivity contribution is -0.164. The highest BCUT2D eigenvalue weighted by atomic mass is 16.6. The highest BCUT2D eigenvalue weighted by molar-refractivity contribution is 5.83. The minimum absolute atomic E-state index is 0.484. The summed E-state index contributed by atoms with van der Waals surface area (Å²) in [5, 5.41) is 3.61. The molecule has 2 aromatic carbocycles. The third kappa shape index (κ3) is 5.11.